The molecule has 2 aromatic rings. The number of rotatable bonds is 4. The lowest BCUT2D eigenvalue weighted by Gasteiger charge is -2.26. The fourth-order valence-corrected chi connectivity index (χ4v) is 4.19. The average Bonchev–Trinajstić information content (AvgIpc) is 3.19. The van der Waals surface area contributed by atoms with E-state index in [-0.39, 0.29) is 36.4 Å². The summed E-state index contributed by atoms with van der Waals surface area (Å²) in [7, 11) is 0. The van der Waals surface area contributed by atoms with Crippen molar-refractivity contribution >= 4 is 5.91 Å². The topological polar surface area (TPSA) is 59.4 Å². The number of fused-ring (bicyclic) bond motifs is 1. The molecule has 1 N–H and O–H groups in total. The Bertz CT molecular complexity index is 805. The first-order valence-electron chi connectivity index (χ1n) is 9.42. The number of ether oxygens (including phenoxy) is 1. The molecule has 144 valence electrons. The van der Waals surface area contributed by atoms with E-state index in [4.69, 9.17) is 4.74 Å². The van der Waals surface area contributed by atoms with Gasteiger partial charge in [-0.1, -0.05) is 12.1 Å². The van der Waals surface area contributed by atoms with Crippen LogP contribution in [0.3, 0.4) is 0 Å². The number of amides is 1. The van der Waals surface area contributed by atoms with Crippen LogP contribution in [0.2, 0.25) is 0 Å². The zero-order valence-electron chi connectivity index (χ0n) is 15.6. The number of nitrogens with zero attached hydrogens (tertiary/aromatic N) is 3. The highest BCUT2D eigenvalue weighted by Crippen LogP contribution is 2.36. The van der Waals surface area contributed by atoms with E-state index in [0.29, 0.717) is 19.1 Å². The maximum absolute atomic E-state index is 13.4. The molecule has 3 heterocycles. The van der Waals surface area contributed by atoms with Crippen LogP contribution in [-0.2, 0) is 16.1 Å². The number of halogens is 1. The van der Waals surface area contributed by atoms with E-state index in [9.17, 15) is 9.18 Å². The average molecular weight is 372 g/mol. The fourth-order valence-electron chi connectivity index (χ4n) is 4.19. The molecule has 1 amide bonds. The standard InChI is InChI=1S/C20H25FN4O2/c1-13(2)25-8-7-22-18(25)11-24-10-16(14-3-5-15(21)6-4-14)20-17(24)9-23-19(26)12-27-20/h3-8,13,16-17,20H,9-12H2,1-2H3,(H,23,26)/t16-,17-,20-/m1/s1. The summed E-state index contributed by atoms with van der Waals surface area (Å²) >= 11 is 0. The number of aromatic nitrogens is 2. The highest BCUT2D eigenvalue weighted by Gasteiger charge is 2.45. The molecule has 0 unspecified atom stereocenters. The summed E-state index contributed by atoms with van der Waals surface area (Å²) in [5.41, 5.74) is 1.04. The summed E-state index contributed by atoms with van der Waals surface area (Å²) in [4.78, 5) is 18.7. The van der Waals surface area contributed by atoms with E-state index >= 15 is 0 Å². The second-order valence-corrected chi connectivity index (χ2v) is 7.58. The van der Waals surface area contributed by atoms with Crippen molar-refractivity contribution in [2.75, 3.05) is 19.7 Å². The van der Waals surface area contributed by atoms with E-state index in [1.807, 2.05) is 24.5 Å². The minimum atomic E-state index is -0.247. The summed E-state index contributed by atoms with van der Waals surface area (Å²) in [6, 6.07) is 7.00. The van der Waals surface area contributed by atoms with Crippen LogP contribution in [0.25, 0.3) is 0 Å². The third-order valence-corrected chi connectivity index (χ3v) is 5.54. The number of nitrogens with one attached hydrogen (secondary N) is 1. The van der Waals surface area contributed by atoms with Gasteiger partial charge in [-0.25, -0.2) is 9.37 Å². The molecule has 2 saturated heterocycles. The first-order valence-corrected chi connectivity index (χ1v) is 9.42. The molecule has 7 heteroatoms. The SMILES string of the molecule is CC(C)n1ccnc1CN1C[C@H](c2ccc(F)cc2)[C@H]2OCC(=O)NC[C@H]21. The molecular weight excluding hydrogens is 347 g/mol. The van der Waals surface area contributed by atoms with E-state index in [2.05, 4.69) is 33.6 Å². The van der Waals surface area contributed by atoms with Crippen LogP contribution in [0.4, 0.5) is 4.39 Å². The van der Waals surface area contributed by atoms with Crippen LogP contribution in [0.5, 0.6) is 0 Å². The summed E-state index contributed by atoms with van der Waals surface area (Å²) in [6.07, 6.45) is 3.71. The Morgan fingerprint density at radius 3 is 2.85 bits per heavy atom. The molecule has 3 atom stereocenters. The van der Waals surface area contributed by atoms with Crippen LogP contribution in [0.1, 0.15) is 37.2 Å². The van der Waals surface area contributed by atoms with E-state index in [0.717, 1.165) is 17.9 Å². The Hall–Kier alpha value is -2.25. The maximum Gasteiger partial charge on any atom is 0.246 e. The Balaban J connectivity index is 1.62. The lowest BCUT2D eigenvalue weighted by molar-refractivity contribution is -0.125. The smallest absolute Gasteiger partial charge is 0.246 e. The van der Waals surface area contributed by atoms with E-state index < -0.39 is 0 Å². The van der Waals surface area contributed by atoms with Crippen molar-refractivity contribution in [3.63, 3.8) is 0 Å². The fraction of sp³-hybridized carbons (Fsp3) is 0.500. The predicted octanol–water partition coefficient (Wildman–Crippen LogP) is 2.09. The number of likely N-dealkylation sites (tertiary alicyclic amines) is 1. The molecule has 0 bridgehead atoms. The van der Waals surface area contributed by atoms with Crippen molar-refractivity contribution in [2.45, 2.75) is 44.5 Å². The van der Waals surface area contributed by atoms with Gasteiger partial charge in [0.1, 0.15) is 18.2 Å². The van der Waals surface area contributed by atoms with Gasteiger partial charge in [0.15, 0.2) is 0 Å². The van der Waals surface area contributed by atoms with Crippen molar-refractivity contribution in [2.24, 2.45) is 0 Å². The summed E-state index contributed by atoms with van der Waals surface area (Å²) in [6.45, 7) is 6.34. The van der Waals surface area contributed by atoms with Crippen molar-refractivity contribution < 1.29 is 13.9 Å². The van der Waals surface area contributed by atoms with Gasteiger partial charge in [0.2, 0.25) is 5.91 Å². The van der Waals surface area contributed by atoms with E-state index in [1.165, 1.54) is 12.1 Å². The Morgan fingerprint density at radius 1 is 1.33 bits per heavy atom. The quantitative estimate of drug-likeness (QED) is 0.893. The Labute approximate surface area is 158 Å². The number of imidazole rings is 1. The van der Waals surface area contributed by atoms with Gasteiger partial charge in [-0.2, -0.15) is 0 Å². The van der Waals surface area contributed by atoms with Gasteiger partial charge in [0.25, 0.3) is 0 Å². The molecule has 2 fully saturated rings. The first kappa shape index (κ1) is 18.1. The highest BCUT2D eigenvalue weighted by molar-refractivity contribution is 5.77. The molecular formula is C20H25FN4O2. The Kier molecular flexibility index (Phi) is 4.97. The van der Waals surface area contributed by atoms with Gasteiger partial charge in [0, 0.05) is 37.4 Å². The van der Waals surface area contributed by atoms with E-state index in [1.54, 1.807) is 0 Å². The first-order chi connectivity index (χ1) is 13.0. The zero-order valence-corrected chi connectivity index (χ0v) is 15.6. The van der Waals surface area contributed by atoms with Gasteiger partial charge in [-0.15, -0.1) is 0 Å². The van der Waals surface area contributed by atoms with Crippen LogP contribution in [0.15, 0.2) is 36.7 Å². The molecule has 0 aliphatic carbocycles. The second-order valence-electron chi connectivity index (χ2n) is 7.58. The lowest BCUT2D eigenvalue weighted by atomic mass is 9.93. The van der Waals surface area contributed by atoms with Crippen molar-refractivity contribution in [1.82, 2.24) is 19.8 Å². The molecule has 0 spiro atoms. The van der Waals surface area contributed by atoms with Crippen molar-refractivity contribution in [3.8, 4) is 0 Å². The van der Waals surface area contributed by atoms with Crippen LogP contribution < -0.4 is 5.32 Å². The summed E-state index contributed by atoms with van der Waals surface area (Å²) in [5.74, 6) is 0.749. The third kappa shape index (κ3) is 3.61. The minimum absolute atomic E-state index is 0.0591. The highest BCUT2D eigenvalue weighted by atomic mass is 19.1. The predicted molar refractivity (Wildman–Crippen MR) is 98.7 cm³/mol. The number of carbonyl (C=O) groups excluding carboxylic acids is 1. The van der Waals surface area contributed by atoms with Crippen LogP contribution in [0, 0.1) is 5.82 Å². The lowest BCUT2D eigenvalue weighted by Crippen LogP contribution is -2.42. The largest absolute Gasteiger partial charge is 0.366 e. The number of hydrogen-bond donors (Lipinski definition) is 1. The van der Waals surface area contributed by atoms with Gasteiger partial charge in [0.05, 0.1) is 18.7 Å². The monoisotopic (exact) mass is 372 g/mol. The Morgan fingerprint density at radius 2 is 2.11 bits per heavy atom. The molecule has 2 aliphatic rings. The van der Waals surface area contributed by atoms with Gasteiger partial charge in [-0.3, -0.25) is 9.69 Å². The maximum atomic E-state index is 13.4. The molecule has 1 aromatic carbocycles. The van der Waals surface area contributed by atoms with Crippen molar-refractivity contribution in [3.05, 3.63) is 53.9 Å². The zero-order chi connectivity index (χ0) is 19.0. The minimum Gasteiger partial charge on any atom is -0.366 e. The van der Waals surface area contributed by atoms with Crippen molar-refractivity contribution in [1.29, 1.82) is 0 Å². The van der Waals surface area contributed by atoms with Gasteiger partial charge in [-0.05, 0) is 31.5 Å². The molecule has 1 aromatic heterocycles. The summed E-state index contributed by atoms with van der Waals surface area (Å²) < 4.78 is 21.5. The summed E-state index contributed by atoms with van der Waals surface area (Å²) in [5, 5.41) is 2.95. The molecule has 4 rings (SSSR count). The molecule has 6 nitrogen and oxygen atoms in total. The molecule has 0 radical (unpaired) electrons. The second kappa shape index (κ2) is 7.40. The normalized spacial score (nSPS) is 26.1. The van der Waals surface area contributed by atoms with Gasteiger partial charge >= 0.3 is 0 Å². The number of benzene rings is 1. The molecule has 2 aliphatic heterocycles. The number of hydrogen-bond acceptors (Lipinski definition) is 4. The van der Waals surface area contributed by atoms with Crippen LogP contribution in [-0.4, -0.2) is 52.2 Å². The third-order valence-electron chi connectivity index (χ3n) is 5.54. The molecule has 0 saturated carbocycles. The van der Waals surface area contributed by atoms with Crippen LogP contribution >= 0.6 is 0 Å². The van der Waals surface area contributed by atoms with Gasteiger partial charge < -0.3 is 14.6 Å². The number of carbonyl (C=O) groups is 1. The molecule has 27 heavy (non-hydrogen) atoms.